The number of aryl methyl sites for hydroxylation is 1. The van der Waals surface area contributed by atoms with Crippen molar-refractivity contribution in [1.29, 1.82) is 0 Å². The smallest absolute Gasteiger partial charge is 0.213 e. The van der Waals surface area contributed by atoms with Crippen LogP contribution in [0.3, 0.4) is 0 Å². The van der Waals surface area contributed by atoms with Gasteiger partial charge < -0.3 is 14.2 Å². The average Bonchev–Trinajstić information content (AvgIpc) is 3.09. The molecule has 5 nitrogen and oxygen atoms in total. The normalized spacial score (nSPS) is 10.6. The number of rotatable bonds is 8. The van der Waals surface area contributed by atoms with Crippen molar-refractivity contribution >= 4 is 0 Å². The minimum atomic E-state index is 0.597. The molecular formula is C21H24N2O3. The van der Waals surface area contributed by atoms with Crippen LogP contribution >= 0.6 is 0 Å². The van der Waals surface area contributed by atoms with E-state index in [1.807, 2.05) is 43.3 Å². The molecule has 0 bridgehead atoms. The van der Waals surface area contributed by atoms with Crippen LogP contribution in [0.25, 0.3) is 11.3 Å². The van der Waals surface area contributed by atoms with E-state index in [4.69, 9.17) is 14.2 Å². The maximum atomic E-state index is 5.75. The van der Waals surface area contributed by atoms with Gasteiger partial charge in [-0.3, -0.25) is 0 Å². The quantitative estimate of drug-likeness (QED) is 0.657. The van der Waals surface area contributed by atoms with Gasteiger partial charge in [0.25, 0.3) is 0 Å². The number of aromatic nitrogens is 2. The highest BCUT2D eigenvalue weighted by atomic mass is 16.5. The van der Waals surface area contributed by atoms with Crippen molar-refractivity contribution in [3.8, 4) is 28.6 Å². The lowest BCUT2D eigenvalue weighted by Gasteiger charge is -2.08. The summed E-state index contributed by atoms with van der Waals surface area (Å²) < 4.78 is 16.2. The molecular weight excluding hydrogens is 328 g/mol. The maximum Gasteiger partial charge on any atom is 0.213 e. The van der Waals surface area contributed by atoms with Crippen LogP contribution in [0.5, 0.6) is 17.4 Å². The van der Waals surface area contributed by atoms with Crippen LogP contribution in [0, 0.1) is 0 Å². The number of nitrogens with zero attached hydrogens (tertiary/aromatic N) is 1. The molecule has 0 amide bonds. The molecule has 3 rings (SSSR count). The van der Waals surface area contributed by atoms with Gasteiger partial charge in [0.1, 0.15) is 11.5 Å². The molecule has 1 aromatic heterocycles. The minimum absolute atomic E-state index is 0.597. The highest BCUT2D eigenvalue weighted by Crippen LogP contribution is 2.30. The predicted molar refractivity (Wildman–Crippen MR) is 102 cm³/mol. The van der Waals surface area contributed by atoms with Crippen molar-refractivity contribution in [2.24, 2.45) is 0 Å². The predicted octanol–water partition coefficient (Wildman–Crippen LogP) is 4.28. The molecule has 0 unspecified atom stereocenters. The Morgan fingerprint density at radius 2 is 1.46 bits per heavy atom. The molecule has 3 aromatic rings. The van der Waals surface area contributed by atoms with Crippen molar-refractivity contribution in [3.63, 3.8) is 0 Å². The second-order valence-electron chi connectivity index (χ2n) is 5.89. The van der Waals surface area contributed by atoms with Crippen molar-refractivity contribution in [1.82, 2.24) is 10.2 Å². The third-order valence-electron chi connectivity index (χ3n) is 4.30. The van der Waals surface area contributed by atoms with Crippen molar-refractivity contribution < 1.29 is 14.2 Å². The Morgan fingerprint density at radius 3 is 2.04 bits per heavy atom. The van der Waals surface area contributed by atoms with Gasteiger partial charge in [-0.05, 0) is 61.7 Å². The lowest BCUT2D eigenvalue weighted by molar-refractivity contribution is 0.323. The summed E-state index contributed by atoms with van der Waals surface area (Å²) in [7, 11) is 3.34. The lowest BCUT2D eigenvalue weighted by Crippen LogP contribution is -1.98. The van der Waals surface area contributed by atoms with Crippen LogP contribution in [0.2, 0.25) is 0 Å². The molecule has 5 heteroatoms. The molecule has 1 N–H and O–H groups in total. The van der Waals surface area contributed by atoms with Gasteiger partial charge >= 0.3 is 0 Å². The number of ether oxygens (including phenoxy) is 3. The average molecular weight is 352 g/mol. The molecule has 0 atom stereocenters. The number of hydrogen-bond acceptors (Lipinski definition) is 4. The number of methoxy groups -OCH3 is 2. The van der Waals surface area contributed by atoms with Crippen molar-refractivity contribution in [2.75, 3.05) is 20.8 Å². The van der Waals surface area contributed by atoms with Crippen LogP contribution in [0.15, 0.2) is 48.5 Å². The van der Waals surface area contributed by atoms with Gasteiger partial charge in [0, 0.05) is 11.1 Å². The Kier molecular flexibility index (Phi) is 5.79. The van der Waals surface area contributed by atoms with Gasteiger partial charge in [0.05, 0.1) is 26.5 Å². The largest absolute Gasteiger partial charge is 0.497 e. The molecule has 2 aromatic carbocycles. The fourth-order valence-corrected chi connectivity index (χ4v) is 2.89. The van der Waals surface area contributed by atoms with Gasteiger partial charge in [-0.1, -0.05) is 12.1 Å². The lowest BCUT2D eigenvalue weighted by atomic mass is 10.0. The Bertz CT molecular complexity index is 823. The van der Waals surface area contributed by atoms with Crippen LogP contribution in [0.4, 0.5) is 0 Å². The molecule has 0 fully saturated rings. The molecule has 1 heterocycles. The molecule has 0 radical (unpaired) electrons. The summed E-state index contributed by atoms with van der Waals surface area (Å²) in [6.45, 7) is 2.57. The third-order valence-corrected chi connectivity index (χ3v) is 4.30. The minimum Gasteiger partial charge on any atom is -0.497 e. The molecule has 136 valence electrons. The summed E-state index contributed by atoms with van der Waals surface area (Å²) >= 11 is 0. The number of hydrogen-bond donors (Lipinski definition) is 1. The van der Waals surface area contributed by atoms with E-state index in [9.17, 15) is 0 Å². The number of benzene rings is 2. The molecule has 26 heavy (non-hydrogen) atoms. The molecule has 0 spiro atoms. The monoisotopic (exact) mass is 352 g/mol. The van der Waals surface area contributed by atoms with Crippen LogP contribution in [-0.2, 0) is 12.8 Å². The first kappa shape index (κ1) is 17.9. The van der Waals surface area contributed by atoms with Gasteiger partial charge in [0.2, 0.25) is 5.88 Å². The van der Waals surface area contributed by atoms with Crippen LogP contribution < -0.4 is 14.2 Å². The Labute approximate surface area is 153 Å². The van der Waals surface area contributed by atoms with Gasteiger partial charge in [-0.15, -0.1) is 0 Å². The van der Waals surface area contributed by atoms with Gasteiger partial charge in [-0.2, -0.15) is 5.10 Å². The zero-order valence-electron chi connectivity index (χ0n) is 15.4. The summed E-state index contributed by atoms with van der Waals surface area (Å²) in [5.41, 5.74) is 4.30. The van der Waals surface area contributed by atoms with E-state index in [0.717, 1.165) is 47.0 Å². The Balaban J connectivity index is 1.84. The van der Waals surface area contributed by atoms with Crippen LogP contribution in [0.1, 0.15) is 18.1 Å². The first-order valence-electron chi connectivity index (χ1n) is 8.72. The topological polar surface area (TPSA) is 56.4 Å². The molecule has 0 aliphatic carbocycles. The SMILES string of the molecule is CCOc1[nH]nc(-c2ccc(OC)cc2)c1CCc1ccc(OC)cc1. The van der Waals surface area contributed by atoms with E-state index < -0.39 is 0 Å². The zero-order valence-corrected chi connectivity index (χ0v) is 15.4. The summed E-state index contributed by atoms with van der Waals surface area (Å²) in [4.78, 5) is 0. The highest BCUT2D eigenvalue weighted by molar-refractivity contribution is 5.66. The summed E-state index contributed by atoms with van der Waals surface area (Å²) in [5, 5.41) is 7.52. The number of nitrogens with one attached hydrogen (secondary N) is 1. The third kappa shape index (κ3) is 3.99. The number of aromatic amines is 1. The zero-order chi connectivity index (χ0) is 18.4. The van der Waals surface area contributed by atoms with Crippen LogP contribution in [-0.4, -0.2) is 31.0 Å². The van der Waals surface area contributed by atoms with E-state index in [1.54, 1.807) is 14.2 Å². The second kappa shape index (κ2) is 8.43. The molecule has 0 saturated carbocycles. The van der Waals surface area contributed by atoms with E-state index in [-0.39, 0.29) is 0 Å². The fourth-order valence-electron chi connectivity index (χ4n) is 2.89. The van der Waals surface area contributed by atoms with Crippen molar-refractivity contribution in [2.45, 2.75) is 19.8 Å². The molecule has 0 saturated heterocycles. The van der Waals surface area contributed by atoms with Gasteiger partial charge in [-0.25, -0.2) is 5.10 Å². The Hall–Kier alpha value is -2.95. The van der Waals surface area contributed by atoms with E-state index >= 15 is 0 Å². The number of H-pyrrole nitrogens is 1. The fraction of sp³-hybridized carbons (Fsp3) is 0.286. The second-order valence-corrected chi connectivity index (χ2v) is 5.89. The van der Waals surface area contributed by atoms with E-state index in [1.165, 1.54) is 5.56 Å². The van der Waals surface area contributed by atoms with E-state index in [2.05, 4.69) is 22.3 Å². The molecule has 0 aliphatic heterocycles. The highest BCUT2D eigenvalue weighted by Gasteiger charge is 2.16. The Morgan fingerprint density at radius 1 is 0.846 bits per heavy atom. The first-order chi connectivity index (χ1) is 12.7. The summed E-state index contributed by atoms with van der Waals surface area (Å²) in [5.74, 6) is 2.44. The maximum absolute atomic E-state index is 5.75. The standard InChI is InChI=1S/C21H24N2O3/c1-4-26-21-19(14-7-15-5-10-17(24-2)11-6-15)20(22-23-21)16-8-12-18(25-3)13-9-16/h5-6,8-13H,4,7,14H2,1-3H3,(H,22,23). The van der Waals surface area contributed by atoms with Crippen molar-refractivity contribution in [3.05, 3.63) is 59.7 Å². The summed E-state index contributed by atoms with van der Waals surface area (Å²) in [6.07, 6.45) is 1.73. The molecule has 0 aliphatic rings. The summed E-state index contributed by atoms with van der Waals surface area (Å²) in [6, 6.07) is 16.1. The van der Waals surface area contributed by atoms with Gasteiger partial charge in [0.15, 0.2) is 0 Å². The van der Waals surface area contributed by atoms with E-state index in [0.29, 0.717) is 6.61 Å². The first-order valence-corrected chi connectivity index (χ1v) is 8.72.